The van der Waals surface area contributed by atoms with Crippen molar-refractivity contribution in [1.29, 1.82) is 0 Å². The Morgan fingerprint density at radius 2 is 0.714 bits per heavy atom. The number of ether oxygens (including phenoxy) is 6. The second-order valence-electron chi connectivity index (χ2n) is 10.9. The Labute approximate surface area is 290 Å². The molecule has 0 saturated heterocycles. The molecule has 9 heteroatoms. The summed E-state index contributed by atoms with van der Waals surface area (Å²) in [5.41, 5.74) is -0.135. The minimum absolute atomic E-state index is 0. The molecule has 5 aromatic rings. The normalized spacial score (nSPS) is 11.1. The van der Waals surface area contributed by atoms with Crippen LogP contribution >= 0.6 is 7.26 Å². The van der Waals surface area contributed by atoms with E-state index >= 15 is 0 Å². The highest BCUT2D eigenvalue weighted by molar-refractivity contribution is 7.96. The molecular formula is C40H45O8P. The number of rotatable bonds is 13. The van der Waals surface area contributed by atoms with Gasteiger partial charge < -0.3 is 38.6 Å². The molecule has 0 aromatic heterocycles. The maximum absolute atomic E-state index is 13.4. The van der Waals surface area contributed by atoms with Gasteiger partial charge in [-0.1, -0.05) is 85.8 Å². The van der Waals surface area contributed by atoms with Crippen molar-refractivity contribution in [3.63, 3.8) is 0 Å². The molecule has 0 bridgehead atoms. The Bertz CT molecular complexity index is 1540. The molecule has 0 aliphatic rings. The van der Waals surface area contributed by atoms with Gasteiger partial charge in [0.15, 0.2) is 50.4 Å². The number of hydrogen-bond acceptors (Lipinski definition) is 8. The van der Waals surface area contributed by atoms with Crippen LogP contribution in [0.2, 0.25) is 0 Å². The third-order valence-electron chi connectivity index (χ3n) is 8.32. The van der Waals surface area contributed by atoms with Crippen molar-refractivity contribution >= 4 is 23.2 Å². The molecule has 0 atom stereocenters. The largest absolute Gasteiger partial charge is 0.855 e. The first kappa shape index (κ1) is 37.1. The summed E-state index contributed by atoms with van der Waals surface area (Å²) >= 11 is 0. The molecule has 0 aliphatic carbocycles. The van der Waals surface area contributed by atoms with Gasteiger partial charge in [0.05, 0.1) is 42.7 Å². The molecule has 0 heterocycles. The molecule has 5 aromatic carbocycles. The monoisotopic (exact) mass is 684 g/mol. The van der Waals surface area contributed by atoms with Crippen molar-refractivity contribution in [2.24, 2.45) is 0 Å². The summed E-state index contributed by atoms with van der Waals surface area (Å²) in [6, 6.07) is 36.4. The summed E-state index contributed by atoms with van der Waals surface area (Å²) in [5.74, 6) is 3.40. The number of benzene rings is 5. The van der Waals surface area contributed by atoms with Gasteiger partial charge >= 0.3 is 0 Å². The smallest absolute Gasteiger partial charge is 0.188 e. The number of aliphatic hydroxyl groups is 1. The van der Waals surface area contributed by atoms with Crippen LogP contribution in [0.5, 0.6) is 34.5 Å². The first-order valence-corrected chi connectivity index (χ1v) is 17.8. The Morgan fingerprint density at radius 3 is 0.939 bits per heavy atom. The topological polar surface area (TPSA) is 98.7 Å². The van der Waals surface area contributed by atoms with E-state index in [4.69, 9.17) is 33.5 Å². The lowest BCUT2D eigenvalue weighted by Crippen LogP contribution is -2.44. The minimum Gasteiger partial charge on any atom is -0.855 e. The van der Waals surface area contributed by atoms with Crippen LogP contribution in [0.25, 0.3) is 0 Å². The van der Waals surface area contributed by atoms with Crippen LogP contribution in [-0.2, 0) is 5.60 Å². The fraction of sp³-hybridized carbons (Fsp3) is 0.250. The highest BCUT2D eigenvalue weighted by Gasteiger charge is 2.61. The average molecular weight is 685 g/mol. The van der Waals surface area contributed by atoms with Crippen molar-refractivity contribution in [2.75, 3.05) is 55.4 Å². The summed E-state index contributed by atoms with van der Waals surface area (Å²) in [6.07, 6.45) is 0.123. The third-order valence-corrected chi connectivity index (χ3v) is 12.9. The van der Waals surface area contributed by atoms with Crippen molar-refractivity contribution < 1.29 is 38.6 Å². The lowest BCUT2D eigenvalue weighted by atomic mass is 9.88. The number of methoxy groups -OCH3 is 6. The molecule has 8 nitrogen and oxygen atoms in total. The fourth-order valence-corrected chi connectivity index (χ4v) is 11.8. The van der Waals surface area contributed by atoms with Crippen molar-refractivity contribution in [1.82, 2.24) is 0 Å². The number of hydrogen-bond donors (Lipinski definition) is 1. The maximum atomic E-state index is 13.4. The third kappa shape index (κ3) is 7.18. The summed E-state index contributed by atoms with van der Waals surface area (Å²) in [5, 5.41) is 24.6. The minimum atomic E-state index is -3.33. The molecule has 0 spiro atoms. The summed E-state index contributed by atoms with van der Waals surface area (Å²) in [4.78, 5) is 0. The Hall–Kier alpha value is -4.75. The van der Waals surface area contributed by atoms with Crippen LogP contribution in [0.4, 0.5) is 0 Å². The van der Waals surface area contributed by atoms with E-state index in [1.165, 1.54) is 0 Å². The second-order valence-corrected chi connectivity index (χ2v) is 14.2. The van der Waals surface area contributed by atoms with Crippen molar-refractivity contribution in [2.45, 2.75) is 12.5 Å². The van der Waals surface area contributed by atoms with E-state index in [2.05, 4.69) is 0 Å². The van der Waals surface area contributed by atoms with E-state index in [9.17, 15) is 5.11 Å². The van der Waals surface area contributed by atoms with Gasteiger partial charge in [0.1, 0.15) is 19.0 Å². The molecule has 0 fully saturated rings. The SMILES string of the molecule is CC[O-].COc1cccc(OC)c1[P+](CC(O)(c1ccccc1)c1ccccc1)(c1c(OC)cccc1OC)c1c(OC)cccc1OC. The summed E-state index contributed by atoms with van der Waals surface area (Å²) in [6.45, 7) is 1.57. The molecule has 1 N–H and O–H groups in total. The van der Waals surface area contributed by atoms with Crippen LogP contribution in [0.1, 0.15) is 18.1 Å². The van der Waals surface area contributed by atoms with E-state index in [0.717, 1.165) is 15.9 Å². The van der Waals surface area contributed by atoms with Gasteiger partial charge in [-0.15, -0.1) is 6.61 Å². The van der Waals surface area contributed by atoms with Crippen molar-refractivity contribution in [3.8, 4) is 34.5 Å². The van der Waals surface area contributed by atoms with Gasteiger partial charge in [0, 0.05) is 0 Å². The second kappa shape index (κ2) is 17.1. The average Bonchev–Trinajstić information content (AvgIpc) is 3.16. The quantitative estimate of drug-likeness (QED) is 0.166. The maximum Gasteiger partial charge on any atom is 0.188 e. The van der Waals surface area contributed by atoms with E-state index in [1.807, 2.05) is 115 Å². The van der Waals surface area contributed by atoms with E-state index in [0.29, 0.717) is 45.6 Å². The zero-order valence-electron chi connectivity index (χ0n) is 29.1. The Morgan fingerprint density at radius 1 is 0.469 bits per heavy atom. The molecule has 0 radical (unpaired) electrons. The predicted molar refractivity (Wildman–Crippen MR) is 196 cm³/mol. The molecule has 5 rings (SSSR count). The fourth-order valence-electron chi connectivity index (χ4n) is 6.32. The van der Waals surface area contributed by atoms with E-state index in [1.54, 1.807) is 49.6 Å². The molecule has 0 amide bonds. The van der Waals surface area contributed by atoms with Gasteiger partial charge in [-0.05, 0) is 47.5 Å². The lowest BCUT2D eigenvalue weighted by Gasteiger charge is -2.38. The molecule has 0 aliphatic heterocycles. The van der Waals surface area contributed by atoms with Gasteiger partial charge in [-0.3, -0.25) is 0 Å². The molecule has 49 heavy (non-hydrogen) atoms. The van der Waals surface area contributed by atoms with E-state index < -0.39 is 12.9 Å². The zero-order chi connectivity index (χ0) is 35.4. The first-order valence-electron chi connectivity index (χ1n) is 15.8. The Kier molecular flexibility index (Phi) is 12.9. The summed E-state index contributed by atoms with van der Waals surface area (Å²) < 4.78 is 37.0. The van der Waals surface area contributed by atoms with Gasteiger partial charge in [0.25, 0.3) is 0 Å². The molecular weight excluding hydrogens is 639 g/mol. The highest BCUT2D eigenvalue weighted by atomic mass is 31.2. The summed E-state index contributed by atoms with van der Waals surface area (Å²) in [7, 11) is 6.46. The molecule has 0 unspecified atom stereocenters. The van der Waals surface area contributed by atoms with Crippen LogP contribution in [0.15, 0.2) is 115 Å². The zero-order valence-corrected chi connectivity index (χ0v) is 30.0. The van der Waals surface area contributed by atoms with Crippen LogP contribution in [0.3, 0.4) is 0 Å². The van der Waals surface area contributed by atoms with Gasteiger partial charge in [-0.25, -0.2) is 0 Å². The van der Waals surface area contributed by atoms with E-state index in [-0.39, 0.29) is 12.8 Å². The molecule has 258 valence electrons. The molecule has 0 saturated carbocycles. The van der Waals surface area contributed by atoms with Gasteiger partial charge in [0.2, 0.25) is 0 Å². The van der Waals surface area contributed by atoms with Gasteiger partial charge in [-0.2, -0.15) is 0 Å². The standard InChI is InChI=1S/C38H40O7P.C2H5O/c1-40-29-20-13-21-30(41-2)35(29)46(36-31(42-3)22-14-23-32(36)43-4,37-33(44-5)24-15-25-34(37)45-6)26-38(39,27-16-9-7-10-17-27)28-18-11-8-12-19-28;1-2-3/h7-25,39H,26H2,1-6H3;2H2,1H3/q+1;-1. The van der Waals surface area contributed by atoms with Crippen LogP contribution < -0.4 is 49.4 Å². The van der Waals surface area contributed by atoms with Crippen LogP contribution in [-0.4, -0.2) is 60.5 Å². The van der Waals surface area contributed by atoms with Crippen molar-refractivity contribution in [3.05, 3.63) is 126 Å². The first-order chi connectivity index (χ1) is 23.8. The highest BCUT2D eigenvalue weighted by Crippen LogP contribution is 2.68. The Balaban J connectivity index is 0.00000174. The van der Waals surface area contributed by atoms with Crippen LogP contribution in [0, 0.1) is 0 Å². The lowest BCUT2D eigenvalue weighted by molar-refractivity contribution is -0.361. The predicted octanol–water partition coefficient (Wildman–Crippen LogP) is 5.33.